The molecule has 0 bridgehead atoms. The molecule has 1 saturated carbocycles. The molecule has 0 atom stereocenters. The number of aryl methyl sites for hydroxylation is 4. The van der Waals surface area contributed by atoms with Crippen molar-refractivity contribution in [2.24, 2.45) is 0 Å². The Hall–Kier alpha value is -4.95. The molecule has 1 fully saturated rings. The molecule has 0 unspecified atom stereocenters. The summed E-state index contributed by atoms with van der Waals surface area (Å²) in [5, 5.41) is 0. The van der Waals surface area contributed by atoms with Crippen LogP contribution in [0.4, 0.5) is 0 Å². The molecule has 0 aliphatic heterocycles. The fourth-order valence-corrected chi connectivity index (χ4v) is 8.11. The van der Waals surface area contributed by atoms with Crippen molar-refractivity contribution in [3.63, 3.8) is 0 Å². The zero-order chi connectivity index (χ0) is 42.1. The minimum absolute atomic E-state index is 0. The molecule has 2 nitrogen and oxygen atoms in total. The van der Waals surface area contributed by atoms with E-state index in [2.05, 4.69) is 142 Å². The monoisotopic (exact) mass is 925 g/mol. The Morgan fingerprint density at radius 1 is 0.632 bits per heavy atom. The van der Waals surface area contributed by atoms with Gasteiger partial charge in [-0.3, -0.25) is 0 Å². The van der Waals surface area contributed by atoms with Crippen molar-refractivity contribution < 1.29 is 25.6 Å². The Balaban J connectivity index is 0.00000561. The summed E-state index contributed by atoms with van der Waals surface area (Å²) in [6, 6.07) is 49.3. The number of hydrogen-bond donors (Lipinski definition) is 0. The predicted octanol–water partition coefficient (Wildman–Crippen LogP) is 14.2. The van der Waals surface area contributed by atoms with Crippen molar-refractivity contribution in [2.45, 2.75) is 90.8 Å². The van der Waals surface area contributed by atoms with Crippen LogP contribution in [-0.2, 0) is 38.4 Å². The average Bonchev–Trinajstić information content (AvgIpc) is 3.25. The van der Waals surface area contributed by atoms with E-state index in [-0.39, 0.29) is 31.1 Å². The van der Waals surface area contributed by atoms with Gasteiger partial charge in [0.1, 0.15) is 0 Å². The maximum absolute atomic E-state index is 9.15. The third-order valence-electron chi connectivity index (χ3n) is 11.2. The maximum Gasteiger partial charge on any atom is 0.0352 e. The van der Waals surface area contributed by atoms with Crippen LogP contribution in [0.2, 0.25) is 0 Å². The van der Waals surface area contributed by atoms with Crippen LogP contribution in [0.25, 0.3) is 55.9 Å². The van der Waals surface area contributed by atoms with Crippen molar-refractivity contribution in [2.75, 3.05) is 0 Å². The first-order chi connectivity index (χ1) is 28.7. The van der Waals surface area contributed by atoms with E-state index in [1.807, 2.05) is 18.3 Å². The number of pyridine rings is 2. The molecular weight excluding hydrogens is 869 g/mol. The molecule has 1 aliphatic carbocycles. The average molecular weight is 925 g/mol. The fraction of sp³-hybridized carbons (Fsp3) is 0.259. The molecule has 8 rings (SSSR count). The van der Waals surface area contributed by atoms with E-state index in [9.17, 15) is 0 Å². The Morgan fingerprint density at radius 2 is 1.32 bits per heavy atom. The quantitative estimate of drug-likeness (QED) is 0.135. The second kappa shape index (κ2) is 17.7. The second-order valence-electron chi connectivity index (χ2n) is 16.4. The van der Waals surface area contributed by atoms with E-state index in [0.29, 0.717) is 5.69 Å². The van der Waals surface area contributed by atoms with Gasteiger partial charge < -0.3 is 9.97 Å². The van der Waals surface area contributed by atoms with Gasteiger partial charge in [0.25, 0.3) is 0 Å². The number of benzene rings is 5. The Morgan fingerprint density at radius 3 is 1.98 bits per heavy atom. The van der Waals surface area contributed by atoms with Crippen LogP contribution in [0.15, 0.2) is 134 Å². The first-order valence-electron chi connectivity index (χ1n) is 22.1. The number of nitrogens with zero attached hydrogens (tertiary/aromatic N) is 2. The van der Waals surface area contributed by atoms with Gasteiger partial charge in [-0.25, -0.2) is 0 Å². The van der Waals surface area contributed by atoms with Gasteiger partial charge in [-0.1, -0.05) is 148 Å². The minimum Gasteiger partial charge on any atom is -0.304 e. The topological polar surface area (TPSA) is 25.8 Å². The van der Waals surface area contributed by atoms with Gasteiger partial charge >= 0.3 is 0 Å². The van der Waals surface area contributed by atoms with Gasteiger partial charge in [0, 0.05) is 38.0 Å². The number of aromatic nitrogens is 2. The van der Waals surface area contributed by atoms with E-state index >= 15 is 0 Å². The summed E-state index contributed by atoms with van der Waals surface area (Å²) in [5.41, 5.74) is 16.5. The summed E-state index contributed by atoms with van der Waals surface area (Å²) >= 11 is 0. The molecule has 0 amide bonds. The molecule has 0 N–H and O–H groups in total. The van der Waals surface area contributed by atoms with Crippen molar-refractivity contribution in [3.8, 4) is 55.9 Å². The Bertz CT molecular complexity index is 2580. The molecule has 0 saturated heterocycles. The van der Waals surface area contributed by atoms with Crippen LogP contribution < -0.4 is 0 Å². The fourth-order valence-electron chi connectivity index (χ4n) is 8.11. The first kappa shape index (κ1) is 35.2. The van der Waals surface area contributed by atoms with Crippen molar-refractivity contribution in [1.29, 1.82) is 0 Å². The molecule has 2 aromatic heterocycles. The zero-order valence-corrected chi connectivity index (χ0v) is 35.8. The molecule has 0 spiro atoms. The van der Waals surface area contributed by atoms with Crippen LogP contribution in [0.3, 0.4) is 0 Å². The summed E-state index contributed by atoms with van der Waals surface area (Å²) < 4.78 is 32.0. The summed E-state index contributed by atoms with van der Waals surface area (Å²) in [5.74, 6) is -0.473. The van der Waals surface area contributed by atoms with E-state index < -0.39 is 12.7 Å². The zero-order valence-electron chi connectivity index (χ0n) is 37.4. The van der Waals surface area contributed by atoms with Gasteiger partial charge in [0.05, 0.1) is 0 Å². The first-order valence-corrected chi connectivity index (χ1v) is 20.1. The summed E-state index contributed by atoms with van der Waals surface area (Å²) in [4.78, 5) is 9.35. The normalized spacial score (nSPS) is 15.1. The van der Waals surface area contributed by atoms with Gasteiger partial charge in [-0.15, -0.1) is 65.2 Å². The molecule has 289 valence electrons. The molecular formula is C54H52IrN2-2. The van der Waals surface area contributed by atoms with Gasteiger partial charge in [-0.2, -0.15) is 0 Å². The van der Waals surface area contributed by atoms with Crippen molar-refractivity contribution in [1.82, 2.24) is 9.97 Å². The van der Waals surface area contributed by atoms with Crippen LogP contribution in [0, 0.1) is 25.9 Å². The van der Waals surface area contributed by atoms with Crippen LogP contribution in [-0.4, -0.2) is 9.97 Å². The van der Waals surface area contributed by atoms with Crippen molar-refractivity contribution in [3.05, 3.63) is 179 Å². The summed E-state index contributed by atoms with van der Waals surface area (Å²) in [7, 11) is 0. The minimum atomic E-state index is -2.17. The van der Waals surface area contributed by atoms with Gasteiger partial charge in [0.2, 0.25) is 0 Å². The molecule has 1 aliphatic rings. The standard InChI is InChI=1S/C54H52N2.Ir/c1-37-15-30-52(55-35-37)45-20-18-39(19-21-45)16-17-40-31-38(2)32-47(33-40)49-14-10-9-13-48(49)43-26-28-46(29-27-43)53-34-50(51(36-56-53)54(3,4)5)44-24-22-42(23-25-44)41-11-7-6-8-12-41;/h9-10,13-15,18-20,22-28,30-36,41H,6-8,11-12,16-17H2,1-5H3;/q-2;/i1D3,41D;. The SMILES string of the molecule is [2H]C([2H])([2H])c1ccc(-c2[c-]cc(CCc3cc(C)cc(-c4ccccc4-c4c[c-]c(-c5cc(-c6ccc(C7([2H])CCCCC7)cc6)c(C(C)(C)C)cn5)cc4)c3)cc2)nc1.[Ir]. The Kier molecular flexibility index (Phi) is 10.9. The van der Waals surface area contributed by atoms with Gasteiger partial charge in [0.15, 0.2) is 0 Å². The van der Waals surface area contributed by atoms with Crippen LogP contribution in [0.5, 0.6) is 0 Å². The molecule has 5 aromatic carbocycles. The van der Waals surface area contributed by atoms with E-state index in [0.717, 1.165) is 77.6 Å². The van der Waals surface area contributed by atoms with E-state index in [1.54, 1.807) is 12.1 Å². The third-order valence-corrected chi connectivity index (χ3v) is 11.2. The number of rotatable bonds is 9. The molecule has 57 heavy (non-hydrogen) atoms. The second-order valence-corrected chi connectivity index (χ2v) is 16.4. The maximum atomic E-state index is 9.15. The van der Waals surface area contributed by atoms with E-state index in [1.165, 1.54) is 51.6 Å². The molecule has 1 radical (unpaired) electrons. The summed E-state index contributed by atoms with van der Waals surface area (Å²) in [6.45, 7) is 6.71. The van der Waals surface area contributed by atoms with Crippen molar-refractivity contribution >= 4 is 0 Å². The van der Waals surface area contributed by atoms with E-state index in [4.69, 9.17) is 10.5 Å². The van der Waals surface area contributed by atoms with Gasteiger partial charge in [-0.05, 0) is 100 Å². The van der Waals surface area contributed by atoms with Crippen LogP contribution >= 0.6 is 0 Å². The predicted molar refractivity (Wildman–Crippen MR) is 235 cm³/mol. The molecule has 3 heteroatoms. The third kappa shape index (κ3) is 9.44. The molecule has 2 heterocycles. The largest absolute Gasteiger partial charge is 0.304 e. The summed E-state index contributed by atoms with van der Waals surface area (Å²) in [6.07, 6.45) is 10.6. The smallest absolute Gasteiger partial charge is 0.0352 e. The van der Waals surface area contributed by atoms with Crippen LogP contribution in [0.1, 0.15) is 97.6 Å². The molecule has 7 aromatic rings. The Labute approximate surface area is 359 Å². The number of hydrogen-bond acceptors (Lipinski definition) is 2.